The molecule has 0 spiro atoms. The molecule has 0 aliphatic heterocycles. The summed E-state index contributed by atoms with van der Waals surface area (Å²) in [5.41, 5.74) is -2.53. The van der Waals surface area contributed by atoms with Crippen molar-refractivity contribution >= 4 is 9.84 Å². The number of aliphatic hydroxyl groups excluding tert-OH is 6. The van der Waals surface area contributed by atoms with Crippen LogP contribution in [0.5, 0.6) is 0 Å². The van der Waals surface area contributed by atoms with Gasteiger partial charge in [0.05, 0.1) is 12.9 Å². The second-order valence-electron chi connectivity index (χ2n) is 4.38. The van der Waals surface area contributed by atoms with Gasteiger partial charge in [-0.3, -0.25) is 0 Å². The van der Waals surface area contributed by atoms with Gasteiger partial charge < -0.3 is 30.6 Å². The van der Waals surface area contributed by atoms with Crippen molar-refractivity contribution < 1.29 is 40.4 Å². The highest BCUT2D eigenvalue weighted by Crippen LogP contribution is 2.19. The Labute approximate surface area is 122 Å². The molecule has 120 valence electrons. The Morgan fingerprint density at radius 2 is 1.62 bits per heavy atom. The summed E-state index contributed by atoms with van der Waals surface area (Å²) >= 11 is 0. The summed E-state index contributed by atoms with van der Waals surface area (Å²) in [6.07, 6.45) is -8.50. The van der Waals surface area contributed by atoms with Gasteiger partial charge in [0.2, 0.25) is 9.84 Å². The van der Waals surface area contributed by atoms with Gasteiger partial charge in [0.15, 0.2) is 5.44 Å². The van der Waals surface area contributed by atoms with E-state index in [9.17, 15) is 28.8 Å². The Bertz CT molecular complexity index is 593. The summed E-state index contributed by atoms with van der Waals surface area (Å²) in [7, 11) is -4.58. The SMILES string of the molecule is [2H]c1ccccc1S(=O)(=O)C(O)[C@@H](O)[C@@H](O)[C@H](O)[C@H](O)CO. The van der Waals surface area contributed by atoms with Gasteiger partial charge in [0.25, 0.3) is 0 Å². The van der Waals surface area contributed by atoms with E-state index in [-0.39, 0.29) is 0 Å². The summed E-state index contributed by atoms with van der Waals surface area (Å²) in [5, 5.41) is 56.3. The maximum absolute atomic E-state index is 12.1. The molecular weight excluding hydrogens is 304 g/mol. The first-order chi connectivity index (χ1) is 10.1. The summed E-state index contributed by atoms with van der Waals surface area (Å²) in [5.74, 6) is 0. The van der Waals surface area contributed by atoms with Crippen molar-refractivity contribution in [1.29, 1.82) is 0 Å². The minimum Gasteiger partial charge on any atom is -0.394 e. The van der Waals surface area contributed by atoms with Gasteiger partial charge in [-0.25, -0.2) is 8.42 Å². The standard InChI is InChI=1S/C12H18O8S/c13-6-8(14)9(15)10(16)11(17)12(18)21(19,20)7-4-2-1-3-5-7/h1-5,8-18H,6H2/t8-,9-,10+,11+,12?/m1/s1/i4D. The van der Waals surface area contributed by atoms with Crippen molar-refractivity contribution in [2.24, 2.45) is 0 Å². The Morgan fingerprint density at radius 3 is 2.14 bits per heavy atom. The number of sulfone groups is 1. The van der Waals surface area contributed by atoms with E-state index >= 15 is 0 Å². The molecule has 0 bridgehead atoms. The quantitative estimate of drug-likeness (QED) is 0.315. The zero-order chi connectivity index (χ0) is 17.1. The first kappa shape index (κ1) is 16.3. The van der Waals surface area contributed by atoms with Crippen molar-refractivity contribution in [1.82, 2.24) is 0 Å². The Hall–Kier alpha value is -1.07. The number of rotatable bonds is 7. The molecule has 1 aromatic rings. The number of hydrogen-bond donors (Lipinski definition) is 6. The van der Waals surface area contributed by atoms with Crippen LogP contribution in [0.1, 0.15) is 1.37 Å². The smallest absolute Gasteiger partial charge is 0.207 e. The normalized spacial score (nSPS) is 20.2. The molecule has 0 fully saturated rings. The van der Waals surface area contributed by atoms with Crippen LogP contribution in [0.4, 0.5) is 0 Å². The average molecular weight is 323 g/mol. The number of benzene rings is 1. The minimum absolute atomic E-state index is 0.417. The highest BCUT2D eigenvalue weighted by molar-refractivity contribution is 7.92. The summed E-state index contributed by atoms with van der Waals surface area (Å²) < 4.78 is 31.7. The molecule has 0 radical (unpaired) electrons. The van der Waals surface area contributed by atoms with Crippen molar-refractivity contribution in [3.8, 4) is 0 Å². The van der Waals surface area contributed by atoms with Gasteiger partial charge in [-0.2, -0.15) is 0 Å². The summed E-state index contributed by atoms with van der Waals surface area (Å²) in [4.78, 5) is -0.564. The first-order valence-electron chi connectivity index (χ1n) is 6.45. The van der Waals surface area contributed by atoms with Crippen LogP contribution in [0.15, 0.2) is 35.2 Å². The van der Waals surface area contributed by atoms with Gasteiger partial charge in [-0.05, 0) is 12.1 Å². The van der Waals surface area contributed by atoms with Gasteiger partial charge >= 0.3 is 0 Å². The molecule has 1 aromatic carbocycles. The maximum Gasteiger partial charge on any atom is 0.207 e. The van der Waals surface area contributed by atoms with Gasteiger partial charge in [-0.1, -0.05) is 18.2 Å². The second kappa shape index (κ2) is 7.27. The molecule has 0 amide bonds. The number of aliphatic hydroxyl groups is 6. The van der Waals surface area contributed by atoms with Gasteiger partial charge in [-0.15, -0.1) is 0 Å². The molecule has 21 heavy (non-hydrogen) atoms. The molecule has 0 saturated heterocycles. The topological polar surface area (TPSA) is 156 Å². The lowest BCUT2D eigenvalue weighted by Crippen LogP contribution is -2.51. The van der Waals surface area contributed by atoms with E-state index in [1.54, 1.807) is 0 Å². The highest BCUT2D eigenvalue weighted by Gasteiger charge is 2.40. The lowest BCUT2D eigenvalue weighted by Gasteiger charge is -2.28. The zero-order valence-corrected chi connectivity index (χ0v) is 11.6. The molecule has 1 unspecified atom stereocenters. The van der Waals surface area contributed by atoms with Crippen LogP contribution in [0.3, 0.4) is 0 Å². The minimum atomic E-state index is -4.58. The van der Waals surface area contributed by atoms with E-state index in [2.05, 4.69) is 0 Å². The third-order valence-electron chi connectivity index (χ3n) is 2.88. The van der Waals surface area contributed by atoms with E-state index in [4.69, 9.17) is 11.6 Å². The molecule has 0 aliphatic rings. The fraction of sp³-hybridized carbons (Fsp3) is 0.500. The van der Waals surface area contributed by atoms with Crippen LogP contribution in [0.2, 0.25) is 0 Å². The Balaban J connectivity index is 3.04. The number of hydrogen-bond acceptors (Lipinski definition) is 8. The lowest BCUT2D eigenvalue weighted by molar-refractivity contribution is -0.128. The first-order valence-corrected chi connectivity index (χ1v) is 7.50. The van der Waals surface area contributed by atoms with Crippen LogP contribution in [0.25, 0.3) is 0 Å². The molecular formula is C12H18O8S. The van der Waals surface area contributed by atoms with E-state index in [1.165, 1.54) is 12.1 Å². The van der Waals surface area contributed by atoms with Gasteiger partial charge in [0.1, 0.15) is 24.4 Å². The predicted octanol–water partition coefficient (Wildman–Crippen LogP) is -2.79. The maximum atomic E-state index is 12.1. The van der Waals surface area contributed by atoms with Crippen molar-refractivity contribution in [2.45, 2.75) is 34.7 Å². The largest absolute Gasteiger partial charge is 0.394 e. The molecule has 0 saturated carbocycles. The highest BCUT2D eigenvalue weighted by atomic mass is 32.2. The molecule has 1 rings (SSSR count). The monoisotopic (exact) mass is 323 g/mol. The molecule has 5 atom stereocenters. The fourth-order valence-corrected chi connectivity index (χ4v) is 2.86. The predicted molar refractivity (Wildman–Crippen MR) is 70.7 cm³/mol. The van der Waals surface area contributed by atoms with Crippen LogP contribution >= 0.6 is 0 Å². The van der Waals surface area contributed by atoms with Gasteiger partial charge in [0, 0.05) is 0 Å². The lowest BCUT2D eigenvalue weighted by atomic mass is 10.0. The van der Waals surface area contributed by atoms with Crippen molar-refractivity contribution in [2.75, 3.05) is 6.61 Å². The third-order valence-corrected chi connectivity index (χ3v) is 4.66. The van der Waals surface area contributed by atoms with Crippen molar-refractivity contribution in [3.63, 3.8) is 0 Å². The van der Waals surface area contributed by atoms with E-state index in [0.29, 0.717) is 0 Å². The molecule has 8 nitrogen and oxygen atoms in total. The molecule has 0 aromatic heterocycles. The second-order valence-corrected chi connectivity index (χ2v) is 6.40. The van der Waals surface area contributed by atoms with E-state index < -0.39 is 57.2 Å². The average Bonchev–Trinajstić information content (AvgIpc) is 2.51. The Morgan fingerprint density at radius 1 is 1.00 bits per heavy atom. The van der Waals surface area contributed by atoms with E-state index in [0.717, 1.165) is 12.1 Å². The zero-order valence-electron chi connectivity index (χ0n) is 11.8. The van der Waals surface area contributed by atoms with E-state index in [1.807, 2.05) is 0 Å². The van der Waals surface area contributed by atoms with Crippen LogP contribution in [-0.4, -0.2) is 75.5 Å². The fourth-order valence-electron chi connectivity index (χ4n) is 1.57. The molecule has 6 N–H and O–H groups in total. The molecule has 0 aliphatic carbocycles. The van der Waals surface area contributed by atoms with Crippen LogP contribution in [-0.2, 0) is 9.84 Å². The molecule has 9 heteroatoms. The molecule has 0 heterocycles. The Kier molecular flexibility index (Phi) is 5.65. The van der Waals surface area contributed by atoms with Crippen LogP contribution in [0, 0.1) is 0 Å². The van der Waals surface area contributed by atoms with Crippen molar-refractivity contribution in [3.05, 3.63) is 30.3 Å². The summed E-state index contributed by atoms with van der Waals surface area (Å²) in [6, 6.07) is 4.50. The van der Waals surface area contributed by atoms with Crippen LogP contribution < -0.4 is 0 Å². The third kappa shape index (κ3) is 3.98. The summed E-state index contributed by atoms with van der Waals surface area (Å²) in [6.45, 7) is -0.941.